The highest BCUT2D eigenvalue weighted by atomic mass is 79.9. The van der Waals surface area contributed by atoms with E-state index in [2.05, 4.69) is 37.2 Å². The molecule has 0 fully saturated rings. The maximum absolute atomic E-state index is 14.2. The highest BCUT2D eigenvalue weighted by Crippen LogP contribution is 2.30. The second-order valence-corrected chi connectivity index (χ2v) is 6.55. The molecule has 0 aliphatic carbocycles. The molecule has 0 saturated carbocycles. The molecule has 2 aromatic rings. The molecule has 2 aromatic carbocycles. The molecule has 0 aliphatic heterocycles. The third-order valence-corrected chi connectivity index (χ3v) is 4.00. The summed E-state index contributed by atoms with van der Waals surface area (Å²) in [6, 6.07) is 11.1. The van der Waals surface area contributed by atoms with Crippen LogP contribution in [0.25, 0.3) is 0 Å². The Morgan fingerprint density at radius 1 is 1.10 bits per heavy atom. The average molecular weight is 401 g/mol. The SMILES string of the molecule is CCNC(c1cc(Br)cc(Br)c1)c1cc(C)ccc1F. The maximum atomic E-state index is 14.2. The van der Waals surface area contributed by atoms with Gasteiger partial charge in [0.05, 0.1) is 6.04 Å². The maximum Gasteiger partial charge on any atom is 0.128 e. The molecule has 4 heteroatoms. The standard InChI is InChI=1S/C16H16Br2FN/c1-3-20-16(11-7-12(17)9-13(18)8-11)14-6-10(2)4-5-15(14)19/h4-9,16,20H,3H2,1-2H3. The topological polar surface area (TPSA) is 12.0 Å². The molecule has 1 nitrogen and oxygen atoms in total. The number of rotatable bonds is 4. The normalized spacial score (nSPS) is 12.4. The van der Waals surface area contributed by atoms with Gasteiger partial charge in [-0.25, -0.2) is 4.39 Å². The third kappa shape index (κ3) is 3.68. The van der Waals surface area contributed by atoms with Gasteiger partial charge >= 0.3 is 0 Å². The quantitative estimate of drug-likeness (QED) is 0.728. The molecule has 0 bridgehead atoms. The fourth-order valence-corrected chi connectivity index (χ4v) is 3.57. The van der Waals surface area contributed by atoms with Gasteiger partial charge in [-0.2, -0.15) is 0 Å². The number of aryl methyl sites for hydroxylation is 1. The first-order valence-corrected chi connectivity index (χ1v) is 8.05. The van der Waals surface area contributed by atoms with Crippen molar-refractivity contribution in [3.63, 3.8) is 0 Å². The second kappa shape index (κ2) is 6.83. The van der Waals surface area contributed by atoms with Gasteiger partial charge in [0.25, 0.3) is 0 Å². The monoisotopic (exact) mass is 399 g/mol. The molecular formula is C16H16Br2FN. The summed E-state index contributed by atoms with van der Waals surface area (Å²) in [7, 11) is 0. The largest absolute Gasteiger partial charge is 0.306 e. The van der Waals surface area contributed by atoms with Crippen molar-refractivity contribution in [2.45, 2.75) is 19.9 Å². The predicted molar refractivity (Wildman–Crippen MR) is 88.5 cm³/mol. The minimum atomic E-state index is -0.183. The Labute approximate surface area is 135 Å². The Kier molecular flexibility index (Phi) is 5.35. The van der Waals surface area contributed by atoms with E-state index in [1.54, 1.807) is 6.07 Å². The van der Waals surface area contributed by atoms with Gasteiger partial charge in [0.15, 0.2) is 0 Å². The van der Waals surface area contributed by atoms with Crippen molar-refractivity contribution >= 4 is 31.9 Å². The van der Waals surface area contributed by atoms with Crippen molar-refractivity contribution < 1.29 is 4.39 Å². The van der Waals surface area contributed by atoms with Gasteiger partial charge < -0.3 is 5.32 Å². The minimum absolute atomic E-state index is 0.159. The molecule has 1 N–H and O–H groups in total. The summed E-state index contributed by atoms with van der Waals surface area (Å²) in [6.45, 7) is 4.76. The molecule has 20 heavy (non-hydrogen) atoms. The molecule has 2 rings (SSSR count). The lowest BCUT2D eigenvalue weighted by Gasteiger charge is -2.20. The van der Waals surface area contributed by atoms with E-state index in [4.69, 9.17) is 0 Å². The molecule has 0 spiro atoms. The van der Waals surface area contributed by atoms with Gasteiger partial charge in [0, 0.05) is 14.5 Å². The van der Waals surface area contributed by atoms with Gasteiger partial charge in [-0.1, -0.05) is 56.5 Å². The van der Waals surface area contributed by atoms with Crippen molar-refractivity contribution in [1.82, 2.24) is 5.32 Å². The fraction of sp³-hybridized carbons (Fsp3) is 0.250. The first-order valence-electron chi connectivity index (χ1n) is 6.46. The van der Waals surface area contributed by atoms with E-state index < -0.39 is 0 Å². The Morgan fingerprint density at radius 3 is 2.35 bits per heavy atom. The Balaban J connectivity index is 2.52. The number of hydrogen-bond acceptors (Lipinski definition) is 1. The van der Waals surface area contributed by atoms with Crippen LogP contribution in [0.3, 0.4) is 0 Å². The molecule has 0 radical (unpaired) electrons. The number of hydrogen-bond donors (Lipinski definition) is 1. The zero-order valence-corrected chi connectivity index (χ0v) is 14.6. The van der Waals surface area contributed by atoms with E-state index in [1.807, 2.05) is 38.1 Å². The average Bonchev–Trinajstić information content (AvgIpc) is 2.38. The van der Waals surface area contributed by atoms with Crippen LogP contribution in [0, 0.1) is 12.7 Å². The van der Waals surface area contributed by atoms with Crippen LogP contribution in [0.15, 0.2) is 45.3 Å². The van der Waals surface area contributed by atoms with Gasteiger partial charge in [0.2, 0.25) is 0 Å². The van der Waals surface area contributed by atoms with Crippen molar-refractivity contribution in [3.05, 3.63) is 67.9 Å². The van der Waals surface area contributed by atoms with Crippen LogP contribution in [0.4, 0.5) is 4.39 Å². The smallest absolute Gasteiger partial charge is 0.128 e. The Bertz CT molecular complexity index is 593. The van der Waals surface area contributed by atoms with Crippen molar-refractivity contribution in [2.75, 3.05) is 6.54 Å². The van der Waals surface area contributed by atoms with Crippen LogP contribution in [0.2, 0.25) is 0 Å². The summed E-state index contributed by atoms with van der Waals surface area (Å²) in [5.41, 5.74) is 2.76. The van der Waals surface area contributed by atoms with Crippen molar-refractivity contribution in [3.8, 4) is 0 Å². The van der Waals surface area contributed by atoms with Gasteiger partial charge in [0.1, 0.15) is 5.82 Å². The highest BCUT2D eigenvalue weighted by molar-refractivity contribution is 9.11. The van der Waals surface area contributed by atoms with Crippen LogP contribution in [0.5, 0.6) is 0 Å². The first kappa shape index (κ1) is 15.7. The molecule has 1 atom stereocenters. The second-order valence-electron chi connectivity index (χ2n) is 4.72. The van der Waals surface area contributed by atoms with Crippen LogP contribution >= 0.6 is 31.9 Å². The van der Waals surface area contributed by atoms with E-state index >= 15 is 0 Å². The van der Waals surface area contributed by atoms with Crippen LogP contribution in [-0.2, 0) is 0 Å². The van der Waals surface area contributed by atoms with Crippen LogP contribution in [0.1, 0.15) is 29.7 Å². The molecular weight excluding hydrogens is 385 g/mol. The number of nitrogens with one attached hydrogen (secondary N) is 1. The summed E-state index contributed by atoms with van der Waals surface area (Å²) < 4.78 is 16.1. The molecule has 0 amide bonds. The van der Waals surface area contributed by atoms with E-state index in [1.165, 1.54) is 6.07 Å². The van der Waals surface area contributed by atoms with Crippen LogP contribution < -0.4 is 5.32 Å². The first-order chi connectivity index (χ1) is 9.51. The Hall–Kier alpha value is -0.710. The number of benzene rings is 2. The molecule has 106 valence electrons. The molecule has 0 heterocycles. The summed E-state index contributed by atoms with van der Waals surface area (Å²) >= 11 is 6.97. The summed E-state index contributed by atoms with van der Waals surface area (Å²) in [4.78, 5) is 0. The molecule has 0 saturated heterocycles. The zero-order chi connectivity index (χ0) is 14.7. The van der Waals surface area contributed by atoms with Crippen molar-refractivity contribution in [2.24, 2.45) is 0 Å². The number of halogens is 3. The van der Waals surface area contributed by atoms with E-state index in [0.717, 1.165) is 26.6 Å². The van der Waals surface area contributed by atoms with Gasteiger partial charge in [-0.05, 0) is 43.3 Å². The van der Waals surface area contributed by atoms with Gasteiger partial charge in [-0.3, -0.25) is 0 Å². The lowest BCUT2D eigenvalue weighted by molar-refractivity contribution is 0.558. The summed E-state index contributed by atoms with van der Waals surface area (Å²) in [6.07, 6.45) is 0. The Morgan fingerprint density at radius 2 is 1.75 bits per heavy atom. The molecule has 0 aliphatic rings. The lowest BCUT2D eigenvalue weighted by atomic mass is 9.97. The highest BCUT2D eigenvalue weighted by Gasteiger charge is 2.18. The fourth-order valence-electron chi connectivity index (χ4n) is 2.24. The van der Waals surface area contributed by atoms with E-state index in [9.17, 15) is 4.39 Å². The summed E-state index contributed by atoms with van der Waals surface area (Å²) in [5, 5.41) is 3.36. The van der Waals surface area contributed by atoms with Gasteiger partial charge in [-0.15, -0.1) is 0 Å². The minimum Gasteiger partial charge on any atom is -0.306 e. The van der Waals surface area contributed by atoms with Crippen LogP contribution in [-0.4, -0.2) is 6.54 Å². The third-order valence-electron chi connectivity index (χ3n) is 3.09. The van der Waals surface area contributed by atoms with E-state index in [-0.39, 0.29) is 11.9 Å². The molecule has 1 unspecified atom stereocenters. The summed E-state index contributed by atoms with van der Waals surface area (Å²) in [5.74, 6) is -0.183. The van der Waals surface area contributed by atoms with E-state index in [0.29, 0.717) is 5.56 Å². The molecule has 0 aromatic heterocycles. The zero-order valence-electron chi connectivity index (χ0n) is 11.4. The van der Waals surface area contributed by atoms with Crippen molar-refractivity contribution in [1.29, 1.82) is 0 Å². The predicted octanol–water partition coefficient (Wildman–Crippen LogP) is 5.36. The lowest BCUT2D eigenvalue weighted by Crippen LogP contribution is -2.23.